The van der Waals surface area contributed by atoms with Gasteiger partial charge in [0.15, 0.2) is 0 Å². The summed E-state index contributed by atoms with van der Waals surface area (Å²) < 4.78 is 7.39. The van der Waals surface area contributed by atoms with Gasteiger partial charge in [-0.25, -0.2) is 4.79 Å². The number of esters is 1. The second kappa shape index (κ2) is 5.85. The van der Waals surface area contributed by atoms with Crippen LogP contribution in [0.2, 0.25) is 0 Å². The molecule has 0 radical (unpaired) electrons. The smallest absolute Gasteiger partial charge is 0.330 e. The average Bonchev–Trinajstić information content (AvgIpc) is 2.93. The number of carbonyl (C=O) groups excluding carboxylic acids is 1. The Morgan fingerprint density at radius 1 is 0.958 bits per heavy atom. The predicted molar refractivity (Wildman–Crippen MR) is 98.1 cm³/mol. The van der Waals surface area contributed by atoms with Crippen molar-refractivity contribution in [2.24, 2.45) is 0 Å². The van der Waals surface area contributed by atoms with Gasteiger partial charge in [0, 0.05) is 27.9 Å². The maximum Gasteiger partial charge on any atom is 0.330 e. The molecular formula is C21H17NO2. The number of carbonyl (C=O) groups is 1. The molecule has 0 amide bonds. The molecule has 0 saturated heterocycles. The first kappa shape index (κ1) is 14.5. The molecule has 3 heteroatoms. The quantitative estimate of drug-likeness (QED) is 0.404. The third-order valence-electron chi connectivity index (χ3n) is 4.37. The zero-order valence-corrected chi connectivity index (χ0v) is 13.2. The van der Waals surface area contributed by atoms with Crippen molar-refractivity contribution >= 4 is 38.5 Å². The van der Waals surface area contributed by atoms with Crippen molar-refractivity contribution in [2.75, 3.05) is 6.61 Å². The van der Waals surface area contributed by atoms with E-state index in [0.29, 0.717) is 13.2 Å². The fraction of sp³-hybridized carbons (Fsp3) is 0.0952. The number of benzene rings is 3. The van der Waals surface area contributed by atoms with Gasteiger partial charge in [0.05, 0.1) is 6.54 Å². The lowest BCUT2D eigenvalue weighted by Crippen LogP contribution is -2.09. The molecule has 0 spiro atoms. The number of hydrogen-bond acceptors (Lipinski definition) is 2. The molecular weight excluding hydrogens is 298 g/mol. The third kappa shape index (κ3) is 2.35. The molecule has 24 heavy (non-hydrogen) atoms. The number of aromatic nitrogens is 1. The van der Waals surface area contributed by atoms with Gasteiger partial charge in [-0.3, -0.25) is 0 Å². The van der Waals surface area contributed by atoms with Crippen LogP contribution in [0.15, 0.2) is 73.3 Å². The molecule has 0 bridgehead atoms. The monoisotopic (exact) mass is 315 g/mol. The Labute approximate surface area is 139 Å². The zero-order valence-electron chi connectivity index (χ0n) is 13.2. The molecule has 0 aliphatic rings. The minimum absolute atomic E-state index is 0.325. The van der Waals surface area contributed by atoms with Gasteiger partial charge in [-0.15, -0.1) is 0 Å². The van der Waals surface area contributed by atoms with Crippen LogP contribution in [0.1, 0.15) is 0 Å². The van der Waals surface area contributed by atoms with Crippen molar-refractivity contribution in [3.8, 4) is 0 Å². The summed E-state index contributed by atoms with van der Waals surface area (Å²) in [5.41, 5.74) is 2.31. The average molecular weight is 315 g/mol. The second-order valence-corrected chi connectivity index (χ2v) is 5.76. The molecule has 4 aromatic rings. The standard InChI is InChI=1S/C21H17NO2/c1-2-21(23)24-12-11-22-19-10-6-5-9-17(19)18-13-15-7-3-4-8-16(15)14-20(18)22/h2-10,13-14H,1,11-12H2. The lowest BCUT2D eigenvalue weighted by molar-refractivity contribution is -0.137. The normalized spacial score (nSPS) is 11.2. The highest BCUT2D eigenvalue weighted by atomic mass is 16.5. The van der Waals surface area contributed by atoms with Crippen LogP contribution in [0.4, 0.5) is 0 Å². The molecule has 0 aliphatic heterocycles. The fourth-order valence-electron chi connectivity index (χ4n) is 3.27. The summed E-state index contributed by atoms with van der Waals surface area (Å²) in [5.74, 6) is -0.388. The molecule has 0 saturated carbocycles. The summed E-state index contributed by atoms with van der Waals surface area (Å²) in [6.07, 6.45) is 1.19. The highest BCUT2D eigenvalue weighted by molar-refractivity contribution is 6.12. The lowest BCUT2D eigenvalue weighted by atomic mass is 10.1. The van der Waals surface area contributed by atoms with Crippen LogP contribution in [0, 0.1) is 0 Å². The molecule has 3 nitrogen and oxygen atoms in total. The van der Waals surface area contributed by atoms with E-state index >= 15 is 0 Å². The Morgan fingerprint density at radius 3 is 2.46 bits per heavy atom. The molecule has 1 heterocycles. The first-order valence-corrected chi connectivity index (χ1v) is 7.97. The van der Waals surface area contributed by atoms with Crippen molar-refractivity contribution in [3.63, 3.8) is 0 Å². The number of hydrogen-bond donors (Lipinski definition) is 0. The van der Waals surface area contributed by atoms with Crippen molar-refractivity contribution < 1.29 is 9.53 Å². The van der Waals surface area contributed by atoms with E-state index in [1.807, 2.05) is 12.1 Å². The SMILES string of the molecule is C=CC(=O)OCCn1c2ccccc2c2cc3ccccc3cc21. The van der Waals surface area contributed by atoms with Gasteiger partial charge in [0.2, 0.25) is 0 Å². The lowest BCUT2D eigenvalue weighted by Gasteiger charge is -2.08. The minimum atomic E-state index is -0.388. The maximum absolute atomic E-state index is 11.3. The summed E-state index contributed by atoms with van der Waals surface area (Å²) >= 11 is 0. The molecule has 0 aliphatic carbocycles. The van der Waals surface area contributed by atoms with Crippen LogP contribution in [-0.4, -0.2) is 17.1 Å². The molecule has 118 valence electrons. The second-order valence-electron chi connectivity index (χ2n) is 5.76. The van der Waals surface area contributed by atoms with E-state index in [1.54, 1.807) is 0 Å². The van der Waals surface area contributed by atoms with Crippen molar-refractivity contribution in [1.29, 1.82) is 0 Å². The number of para-hydroxylation sites is 1. The van der Waals surface area contributed by atoms with E-state index in [1.165, 1.54) is 27.6 Å². The number of ether oxygens (including phenoxy) is 1. The first-order valence-electron chi connectivity index (χ1n) is 7.97. The molecule has 4 rings (SSSR count). The zero-order chi connectivity index (χ0) is 16.5. The van der Waals surface area contributed by atoms with Crippen LogP contribution < -0.4 is 0 Å². The number of nitrogens with zero attached hydrogens (tertiary/aromatic N) is 1. The van der Waals surface area contributed by atoms with E-state index in [4.69, 9.17) is 4.74 Å². The molecule has 0 atom stereocenters. The molecule has 0 fully saturated rings. The Morgan fingerprint density at radius 2 is 1.67 bits per heavy atom. The number of rotatable bonds is 4. The van der Waals surface area contributed by atoms with Crippen molar-refractivity contribution in [2.45, 2.75) is 6.54 Å². The van der Waals surface area contributed by atoms with Gasteiger partial charge in [0.1, 0.15) is 6.61 Å². The van der Waals surface area contributed by atoms with E-state index in [9.17, 15) is 4.79 Å². The van der Waals surface area contributed by atoms with Gasteiger partial charge in [-0.1, -0.05) is 49.0 Å². The van der Waals surface area contributed by atoms with E-state index < -0.39 is 0 Å². The molecule has 1 aromatic heterocycles. The van der Waals surface area contributed by atoms with E-state index in [2.05, 4.69) is 59.7 Å². The largest absolute Gasteiger partial charge is 0.461 e. The highest BCUT2D eigenvalue weighted by Gasteiger charge is 2.11. The molecule has 0 unspecified atom stereocenters. The maximum atomic E-state index is 11.3. The minimum Gasteiger partial charge on any atom is -0.461 e. The van der Waals surface area contributed by atoms with Crippen LogP contribution in [0.3, 0.4) is 0 Å². The summed E-state index contributed by atoms with van der Waals surface area (Å²) in [5, 5.41) is 4.87. The van der Waals surface area contributed by atoms with E-state index in [-0.39, 0.29) is 5.97 Å². The van der Waals surface area contributed by atoms with Gasteiger partial charge < -0.3 is 9.30 Å². The fourth-order valence-corrected chi connectivity index (χ4v) is 3.27. The third-order valence-corrected chi connectivity index (χ3v) is 4.37. The van der Waals surface area contributed by atoms with Crippen LogP contribution in [0.5, 0.6) is 0 Å². The van der Waals surface area contributed by atoms with Gasteiger partial charge >= 0.3 is 5.97 Å². The molecule has 0 N–H and O–H groups in total. The molecule has 3 aromatic carbocycles. The predicted octanol–water partition coefficient (Wildman–Crippen LogP) is 4.68. The Bertz CT molecular complexity index is 1080. The van der Waals surface area contributed by atoms with Gasteiger partial charge in [-0.05, 0) is 29.0 Å². The van der Waals surface area contributed by atoms with Crippen molar-refractivity contribution in [3.05, 3.63) is 73.3 Å². The summed E-state index contributed by atoms with van der Waals surface area (Å²) in [6.45, 7) is 4.37. The Hall–Kier alpha value is -3.07. The van der Waals surface area contributed by atoms with Crippen LogP contribution in [0.25, 0.3) is 32.6 Å². The Balaban J connectivity index is 1.90. The van der Waals surface area contributed by atoms with Crippen LogP contribution in [-0.2, 0) is 16.1 Å². The Kier molecular flexibility index (Phi) is 3.54. The highest BCUT2D eigenvalue weighted by Crippen LogP contribution is 2.32. The van der Waals surface area contributed by atoms with E-state index in [0.717, 1.165) is 11.0 Å². The van der Waals surface area contributed by atoms with Gasteiger partial charge in [-0.2, -0.15) is 0 Å². The number of fused-ring (bicyclic) bond motifs is 4. The van der Waals surface area contributed by atoms with Crippen LogP contribution >= 0.6 is 0 Å². The summed E-state index contributed by atoms with van der Waals surface area (Å²) in [4.78, 5) is 11.3. The summed E-state index contributed by atoms with van der Waals surface area (Å²) in [7, 11) is 0. The van der Waals surface area contributed by atoms with Crippen molar-refractivity contribution in [1.82, 2.24) is 4.57 Å². The summed E-state index contributed by atoms with van der Waals surface area (Å²) in [6, 6.07) is 21.1. The van der Waals surface area contributed by atoms with Gasteiger partial charge in [0.25, 0.3) is 0 Å². The topological polar surface area (TPSA) is 31.2 Å². The first-order chi connectivity index (χ1) is 11.8.